The molecule has 0 saturated carbocycles. The minimum Gasteiger partial charge on any atom is -0.504 e. The van der Waals surface area contributed by atoms with Gasteiger partial charge in [-0.3, -0.25) is 0 Å². The van der Waals surface area contributed by atoms with Gasteiger partial charge >= 0.3 is 0 Å². The van der Waals surface area contributed by atoms with Gasteiger partial charge in [-0.15, -0.1) is 6.58 Å². The highest BCUT2D eigenvalue weighted by molar-refractivity contribution is 5.16. The molecule has 0 saturated heterocycles. The van der Waals surface area contributed by atoms with Crippen LogP contribution in [0.25, 0.3) is 0 Å². The van der Waals surface area contributed by atoms with E-state index in [9.17, 15) is 0 Å². The van der Waals surface area contributed by atoms with E-state index in [1.807, 2.05) is 18.4 Å². The van der Waals surface area contributed by atoms with Crippen molar-refractivity contribution in [2.75, 3.05) is 7.11 Å². The molecule has 16 heavy (non-hydrogen) atoms. The lowest BCUT2D eigenvalue weighted by molar-refractivity contribution is 0.331. The first-order valence-corrected chi connectivity index (χ1v) is 5.72. The van der Waals surface area contributed by atoms with Crippen LogP contribution < -0.4 is 0 Å². The number of methoxy groups -OCH3 is 1. The second kappa shape index (κ2) is 7.75. The second-order valence-electron chi connectivity index (χ2n) is 3.82. The number of ether oxygens (including phenoxy) is 1. The van der Waals surface area contributed by atoms with E-state index in [1.165, 1.54) is 11.1 Å². The standard InChI is InChI=1S/C15H20O/c1-3-4-8-15(13-16-2)12-11-14-9-6-5-7-10-14/h3,5-7,9-10,13H,1,4,8,11-12H2,2H3/b15-13+. The maximum absolute atomic E-state index is 5.09. The Hall–Kier alpha value is -1.50. The molecule has 1 heteroatoms. The first kappa shape index (κ1) is 12.6. The summed E-state index contributed by atoms with van der Waals surface area (Å²) in [7, 11) is 1.70. The lowest BCUT2D eigenvalue weighted by atomic mass is 10.0. The lowest BCUT2D eigenvalue weighted by Crippen LogP contribution is -1.90. The molecule has 0 heterocycles. The Bertz CT molecular complexity index is 325. The van der Waals surface area contributed by atoms with Crippen molar-refractivity contribution in [2.45, 2.75) is 25.7 Å². The van der Waals surface area contributed by atoms with Crippen LogP contribution in [0.15, 0.2) is 54.8 Å². The summed E-state index contributed by atoms with van der Waals surface area (Å²) in [4.78, 5) is 0. The molecule has 0 fully saturated rings. The summed E-state index contributed by atoms with van der Waals surface area (Å²) in [6.45, 7) is 3.74. The predicted molar refractivity (Wildman–Crippen MR) is 69.3 cm³/mol. The van der Waals surface area contributed by atoms with Gasteiger partial charge in [0.25, 0.3) is 0 Å². The zero-order valence-electron chi connectivity index (χ0n) is 9.99. The summed E-state index contributed by atoms with van der Waals surface area (Å²) in [5, 5.41) is 0. The van der Waals surface area contributed by atoms with Crippen molar-refractivity contribution in [1.29, 1.82) is 0 Å². The van der Waals surface area contributed by atoms with E-state index in [1.54, 1.807) is 7.11 Å². The van der Waals surface area contributed by atoms with Crippen LogP contribution in [0.1, 0.15) is 24.8 Å². The molecule has 0 N–H and O–H groups in total. The Kier molecular flexibility index (Phi) is 6.09. The summed E-state index contributed by atoms with van der Waals surface area (Å²) in [6.07, 6.45) is 8.02. The third kappa shape index (κ3) is 4.83. The van der Waals surface area contributed by atoms with Crippen molar-refractivity contribution >= 4 is 0 Å². The number of aryl methyl sites for hydroxylation is 1. The zero-order valence-corrected chi connectivity index (χ0v) is 9.99. The predicted octanol–water partition coefficient (Wildman–Crippen LogP) is 4.12. The fourth-order valence-corrected chi connectivity index (χ4v) is 1.65. The molecule has 0 unspecified atom stereocenters. The van der Waals surface area contributed by atoms with Gasteiger partial charge in [-0.1, -0.05) is 36.4 Å². The van der Waals surface area contributed by atoms with Crippen LogP contribution in [0.5, 0.6) is 0 Å². The first-order chi connectivity index (χ1) is 7.86. The van der Waals surface area contributed by atoms with Crippen LogP contribution in [0.3, 0.4) is 0 Å². The summed E-state index contributed by atoms with van der Waals surface area (Å²) in [6, 6.07) is 10.5. The van der Waals surface area contributed by atoms with E-state index in [-0.39, 0.29) is 0 Å². The molecule has 1 nitrogen and oxygen atoms in total. The average molecular weight is 216 g/mol. The smallest absolute Gasteiger partial charge is 0.0816 e. The van der Waals surface area contributed by atoms with Crippen LogP contribution in [-0.4, -0.2) is 7.11 Å². The molecule has 1 aromatic carbocycles. The Morgan fingerprint density at radius 1 is 1.25 bits per heavy atom. The largest absolute Gasteiger partial charge is 0.504 e. The normalized spacial score (nSPS) is 11.2. The summed E-state index contributed by atoms with van der Waals surface area (Å²) in [5.74, 6) is 0. The molecular weight excluding hydrogens is 196 g/mol. The van der Waals surface area contributed by atoms with Crippen molar-refractivity contribution < 1.29 is 4.74 Å². The van der Waals surface area contributed by atoms with Crippen LogP contribution in [0.4, 0.5) is 0 Å². The molecule has 0 radical (unpaired) electrons. The Morgan fingerprint density at radius 2 is 2.00 bits per heavy atom. The Labute approximate surface area is 98.5 Å². The maximum atomic E-state index is 5.09. The quantitative estimate of drug-likeness (QED) is 0.492. The molecule has 0 spiro atoms. The van der Waals surface area contributed by atoms with E-state index in [4.69, 9.17) is 4.74 Å². The van der Waals surface area contributed by atoms with Crippen molar-refractivity contribution in [2.24, 2.45) is 0 Å². The van der Waals surface area contributed by atoms with Crippen molar-refractivity contribution in [3.05, 3.63) is 60.4 Å². The summed E-state index contributed by atoms with van der Waals surface area (Å²) >= 11 is 0. The monoisotopic (exact) mass is 216 g/mol. The minimum atomic E-state index is 1.02. The molecular formula is C15H20O. The zero-order chi connectivity index (χ0) is 11.6. The molecule has 1 aromatic rings. The van der Waals surface area contributed by atoms with Crippen LogP contribution >= 0.6 is 0 Å². The number of allylic oxidation sites excluding steroid dienone is 2. The van der Waals surface area contributed by atoms with E-state index < -0.39 is 0 Å². The minimum absolute atomic E-state index is 1.02. The molecule has 0 aliphatic carbocycles. The fourth-order valence-electron chi connectivity index (χ4n) is 1.65. The topological polar surface area (TPSA) is 9.23 Å². The molecule has 0 aliphatic heterocycles. The fraction of sp³-hybridized carbons (Fsp3) is 0.333. The highest BCUT2D eigenvalue weighted by atomic mass is 16.5. The van der Waals surface area contributed by atoms with E-state index in [2.05, 4.69) is 30.8 Å². The highest BCUT2D eigenvalue weighted by Gasteiger charge is 1.98. The van der Waals surface area contributed by atoms with Gasteiger partial charge in [-0.2, -0.15) is 0 Å². The Morgan fingerprint density at radius 3 is 2.62 bits per heavy atom. The number of benzene rings is 1. The number of rotatable bonds is 7. The first-order valence-electron chi connectivity index (χ1n) is 5.72. The molecule has 0 atom stereocenters. The molecule has 0 aromatic heterocycles. The Balaban J connectivity index is 2.44. The van der Waals surface area contributed by atoms with Gasteiger partial charge < -0.3 is 4.74 Å². The van der Waals surface area contributed by atoms with Crippen molar-refractivity contribution in [3.63, 3.8) is 0 Å². The SMILES string of the molecule is C=CCC/C(=C\OC)CCc1ccccc1. The van der Waals surface area contributed by atoms with Gasteiger partial charge in [0.2, 0.25) is 0 Å². The molecule has 0 bridgehead atoms. The van der Waals surface area contributed by atoms with Gasteiger partial charge in [-0.25, -0.2) is 0 Å². The van der Waals surface area contributed by atoms with E-state index >= 15 is 0 Å². The van der Waals surface area contributed by atoms with E-state index in [0.717, 1.165) is 25.7 Å². The molecule has 0 amide bonds. The van der Waals surface area contributed by atoms with Gasteiger partial charge in [0.1, 0.15) is 0 Å². The van der Waals surface area contributed by atoms with Crippen molar-refractivity contribution in [1.82, 2.24) is 0 Å². The lowest BCUT2D eigenvalue weighted by Gasteiger charge is -2.06. The van der Waals surface area contributed by atoms with Gasteiger partial charge in [-0.05, 0) is 36.8 Å². The second-order valence-corrected chi connectivity index (χ2v) is 3.82. The van der Waals surface area contributed by atoms with Crippen LogP contribution in [-0.2, 0) is 11.2 Å². The van der Waals surface area contributed by atoms with Gasteiger partial charge in [0, 0.05) is 0 Å². The van der Waals surface area contributed by atoms with Gasteiger partial charge in [0.05, 0.1) is 13.4 Å². The summed E-state index contributed by atoms with van der Waals surface area (Å²) in [5.41, 5.74) is 2.73. The highest BCUT2D eigenvalue weighted by Crippen LogP contribution is 2.14. The third-order valence-corrected chi connectivity index (χ3v) is 2.53. The van der Waals surface area contributed by atoms with Crippen LogP contribution in [0.2, 0.25) is 0 Å². The average Bonchev–Trinajstić information content (AvgIpc) is 2.34. The summed E-state index contributed by atoms with van der Waals surface area (Å²) < 4.78 is 5.09. The van der Waals surface area contributed by atoms with Crippen molar-refractivity contribution in [3.8, 4) is 0 Å². The molecule has 1 rings (SSSR count). The van der Waals surface area contributed by atoms with Gasteiger partial charge in [0.15, 0.2) is 0 Å². The van der Waals surface area contributed by atoms with Crippen LogP contribution in [0, 0.1) is 0 Å². The molecule has 0 aliphatic rings. The maximum Gasteiger partial charge on any atom is 0.0816 e. The molecule has 86 valence electrons. The number of hydrogen-bond acceptors (Lipinski definition) is 1. The third-order valence-electron chi connectivity index (χ3n) is 2.53. The number of hydrogen-bond donors (Lipinski definition) is 0. The van der Waals surface area contributed by atoms with E-state index in [0.29, 0.717) is 0 Å².